The molecule has 3 heteroatoms. The number of Topliss-reactive ketones (excluding diaryl/α,β-unsaturated/α-hetero) is 1. The summed E-state index contributed by atoms with van der Waals surface area (Å²) < 4.78 is 5.89. The molecule has 2 aromatic rings. The minimum Gasteiger partial charge on any atom is -0.496 e. The Morgan fingerprint density at radius 3 is 1.73 bits per heavy atom. The lowest BCUT2D eigenvalue weighted by atomic mass is 9.89. The van der Waals surface area contributed by atoms with Crippen LogP contribution in [0.2, 0.25) is 0 Å². The molecule has 0 spiro atoms. The fraction of sp³-hybridized carbons (Fsp3) is 0.300. The molecule has 0 unspecified atom stereocenters. The Labute approximate surface area is 200 Å². The van der Waals surface area contributed by atoms with E-state index < -0.39 is 7.92 Å². The van der Waals surface area contributed by atoms with Crippen molar-refractivity contribution < 1.29 is 9.53 Å². The van der Waals surface area contributed by atoms with Crippen LogP contribution in [-0.4, -0.2) is 23.2 Å². The van der Waals surface area contributed by atoms with Crippen LogP contribution in [-0.2, 0) is 4.79 Å². The molecule has 1 saturated heterocycles. The van der Waals surface area contributed by atoms with Crippen LogP contribution in [0.5, 0.6) is 5.75 Å². The Morgan fingerprint density at radius 1 is 0.788 bits per heavy atom. The standard InChI is InChI=1S/C30H35O2P/c1-10-20-14-16-25(32-9)27(23(20)12-3)28-24(13-4)21(11-2)15-17-26(28)33-29(5,6)18-22(31)19-30(33,7)8/h10-17H,1-4,18-19H2,5-9H3. The molecule has 0 aromatic heterocycles. The van der Waals surface area contributed by atoms with Gasteiger partial charge in [0.05, 0.1) is 7.11 Å². The van der Waals surface area contributed by atoms with E-state index in [2.05, 4.69) is 66.1 Å². The number of rotatable bonds is 7. The quantitative estimate of drug-likeness (QED) is 0.393. The molecule has 1 aliphatic rings. The summed E-state index contributed by atoms with van der Waals surface area (Å²) in [4.78, 5) is 12.7. The average Bonchev–Trinajstić information content (AvgIpc) is 2.75. The minimum absolute atomic E-state index is 0.144. The molecule has 0 saturated carbocycles. The molecule has 1 aliphatic heterocycles. The van der Waals surface area contributed by atoms with Gasteiger partial charge in [-0.3, -0.25) is 4.79 Å². The lowest BCUT2D eigenvalue weighted by molar-refractivity contribution is -0.120. The van der Waals surface area contributed by atoms with Crippen LogP contribution in [0.3, 0.4) is 0 Å². The lowest BCUT2D eigenvalue weighted by Crippen LogP contribution is -2.43. The second kappa shape index (κ2) is 9.27. The van der Waals surface area contributed by atoms with Gasteiger partial charge in [-0.05, 0) is 43.9 Å². The summed E-state index contributed by atoms with van der Waals surface area (Å²) in [5, 5.41) is 0.971. The highest BCUT2D eigenvalue weighted by Gasteiger charge is 2.48. The molecule has 33 heavy (non-hydrogen) atoms. The Balaban J connectivity index is 2.54. The Morgan fingerprint density at radius 2 is 1.27 bits per heavy atom. The van der Waals surface area contributed by atoms with Gasteiger partial charge in [0.1, 0.15) is 11.5 Å². The van der Waals surface area contributed by atoms with E-state index in [0.717, 1.165) is 39.1 Å². The summed E-state index contributed by atoms with van der Waals surface area (Å²) in [5.41, 5.74) is 6.10. The topological polar surface area (TPSA) is 26.3 Å². The smallest absolute Gasteiger partial charge is 0.134 e. The van der Waals surface area contributed by atoms with Gasteiger partial charge in [0.15, 0.2) is 0 Å². The maximum atomic E-state index is 12.7. The maximum absolute atomic E-state index is 12.7. The zero-order valence-corrected chi connectivity index (χ0v) is 21.5. The molecule has 0 radical (unpaired) electrons. The third-order valence-electron chi connectivity index (χ3n) is 6.53. The molecule has 0 aliphatic carbocycles. The van der Waals surface area contributed by atoms with Gasteiger partial charge in [0.2, 0.25) is 0 Å². The number of carbonyl (C=O) groups excluding carboxylic acids is 1. The molecule has 1 fully saturated rings. The first kappa shape index (κ1) is 24.9. The summed E-state index contributed by atoms with van der Waals surface area (Å²) in [6.07, 6.45) is 8.69. The van der Waals surface area contributed by atoms with Gasteiger partial charge in [-0.25, -0.2) is 0 Å². The number of hydrogen-bond donors (Lipinski definition) is 0. The summed E-state index contributed by atoms with van der Waals surface area (Å²) in [6.45, 7) is 25.3. The van der Waals surface area contributed by atoms with E-state index in [1.807, 2.05) is 36.4 Å². The first-order chi connectivity index (χ1) is 15.6. The summed E-state index contributed by atoms with van der Waals surface area (Å²) in [7, 11) is 0.966. The first-order valence-electron chi connectivity index (χ1n) is 11.3. The molecular weight excluding hydrogens is 423 g/mol. The van der Waals surface area contributed by atoms with Crippen LogP contribution < -0.4 is 10.0 Å². The van der Waals surface area contributed by atoms with Gasteiger partial charge >= 0.3 is 0 Å². The summed E-state index contributed by atoms with van der Waals surface area (Å²) >= 11 is 0. The predicted molar refractivity (Wildman–Crippen MR) is 148 cm³/mol. The van der Waals surface area contributed by atoms with Crippen molar-refractivity contribution in [2.75, 3.05) is 7.11 Å². The largest absolute Gasteiger partial charge is 0.496 e. The van der Waals surface area contributed by atoms with E-state index in [0.29, 0.717) is 18.6 Å². The number of ketones is 1. The fourth-order valence-electron chi connectivity index (χ4n) is 5.57. The molecular formula is C30H35O2P. The highest BCUT2D eigenvalue weighted by atomic mass is 31.1. The molecule has 0 amide bonds. The monoisotopic (exact) mass is 458 g/mol. The fourth-order valence-corrected chi connectivity index (χ4v) is 9.86. The zero-order valence-electron chi connectivity index (χ0n) is 20.6. The number of methoxy groups -OCH3 is 1. The number of ether oxygens (including phenoxy) is 1. The molecule has 0 bridgehead atoms. The van der Waals surface area contributed by atoms with E-state index in [-0.39, 0.29) is 10.3 Å². The van der Waals surface area contributed by atoms with E-state index in [1.54, 1.807) is 7.11 Å². The molecule has 172 valence electrons. The van der Waals surface area contributed by atoms with Crippen molar-refractivity contribution >= 4 is 43.3 Å². The molecule has 3 rings (SSSR count). The Bertz CT molecular complexity index is 1130. The van der Waals surface area contributed by atoms with Crippen LogP contribution in [0.15, 0.2) is 50.6 Å². The van der Waals surface area contributed by atoms with Crippen molar-refractivity contribution in [3.05, 3.63) is 72.8 Å². The normalized spacial score (nSPS) is 17.3. The van der Waals surface area contributed by atoms with Crippen LogP contribution in [0.25, 0.3) is 35.4 Å². The van der Waals surface area contributed by atoms with Gasteiger partial charge < -0.3 is 4.74 Å². The van der Waals surface area contributed by atoms with Crippen LogP contribution in [0.1, 0.15) is 62.8 Å². The van der Waals surface area contributed by atoms with Crippen LogP contribution in [0.4, 0.5) is 0 Å². The molecule has 2 aromatic carbocycles. The number of benzene rings is 2. The van der Waals surface area contributed by atoms with E-state index >= 15 is 0 Å². The van der Waals surface area contributed by atoms with Crippen molar-refractivity contribution in [3.63, 3.8) is 0 Å². The van der Waals surface area contributed by atoms with Crippen molar-refractivity contribution in [2.45, 2.75) is 50.8 Å². The average molecular weight is 459 g/mol. The first-order valence-corrected chi connectivity index (χ1v) is 12.6. The van der Waals surface area contributed by atoms with Crippen molar-refractivity contribution in [2.24, 2.45) is 0 Å². The number of hydrogen-bond acceptors (Lipinski definition) is 2. The Kier molecular flexibility index (Phi) is 7.01. The van der Waals surface area contributed by atoms with Crippen molar-refractivity contribution in [1.82, 2.24) is 0 Å². The van der Waals surface area contributed by atoms with Gasteiger partial charge in [0, 0.05) is 24.0 Å². The third kappa shape index (κ3) is 4.30. The molecule has 2 nitrogen and oxygen atoms in total. The van der Waals surface area contributed by atoms with Gasteiger partial charge in [-0.2, -0.15) is 0 Å². The van der Waals surface area contributed by atoms with E-state index in [9.17, 15) is 4.79 Å². The predicted octanol–water partition coefficient (Wildman–Crippen LogP) is 7.96. The van der Waals surface area contributed by atoms with Crippen LogP contribution >= 0.6 is 7.92 Å². The third-order valence-corrected chi connectivity index (χ3v) is 10.1. The van der Waals surface area contributed by atoms with Gasteiger partial charge in [-0.15, -0.1) is 0 Å². The van der Waals surface area contributed by atoms with E-state index in [4.69, 9.17) is 4.74 Å². The molecule has 0 atom stereocenters. The van der Waals surface area contributed by atoms with E-state index in [1.165, 1.54) is 5.30 Å². The van der Waals surface area contributed by atoms with Gasteiger partial charge in [-0.1, -0.05) is 104 Å². The minimum atomic E-state index is -0.731. The number of carbonyl (C=O) groups is 1. The SMILES string of the molecule is C=Cc1ccc(OC)c(-c2c(P3C(C)(C)CC(=O)CC3(C)C)ccc(C=C)c2C=C)c1C=C. The second-order valence-corrected chi connectivity index (χ2v) is 13.4. The van der Waals surface area contributed by atoms with Gasteiger partial charge in [0.25, 0.3) is 0 Å². The second-order valence-electron chi connectivity index (χ2n) is 9.78. The maximum Gasteiger partial charge on any atom is 0.134 e. The molecule has 0 N–H and O–H groups in total. The highest BCUT2D eigenvalue weighted by Crippen LogP contribution is 2.65. The summed E-state index contributed by atoms with van der Waals surface area (Å²) in [5.74, 6) is 1.12. The Hall–Kier alpha value is -2.70. The summed E-state index contributed by atoms with van der Waals surface area (Å²) in [6, 6.07) is 8.36. The van der Waals surface area contributed by atoms with Crippen LogP contribution in [0, 0.1) is 0 Å². The van der Waals surface area contributed by atoms with Crippen molar-refractivity contribution in [3.8, 4) is 16.9 Å². The van der Waals surface area contributed by atoms with Crippen molar-refractivity contribution in [1.29, 1.82) is 0 Å². The zero-order chi connectivity index (χ0) is 24.6. The molecule has 1 heterocycles. The highest BCUT2D eigenvalue weighted by molar-refractivity contribution is 7.69. The lowest BCUT2D eigenvalue weighted by Gasteiger charge is -2.50.